The SMILES string of the molecule is CC(C)[C@H]1CC[C@](C)(O)CC1. The molecule has 0 unspecified atom stereocenters. The molecule has 0 bridgehead atoms. The summed E-state index contributed by atoms with van der Waals surface area (Å²) >= 11 is 0. The molecule has 66 valence electrons. The molecule has 11 heavy (non-hydrogen) atoms. The molecular formula is C10H20O. The topological polar surface area (TPSA) is 20.2 Å². The van der Waals surface area contributed by atoms with Gasteiger partial charge >= 0.3 is 0 Å². The first-order chi connectivity index (χ1) is 5.01. The fourth-order valence-corrected chi connectivity index (χ4v) is 1.93. The minimum Gasteiger partial charge on any atom is -0.390 e. The first-order valence-corrected chi connectivity index (χ1v) is 4.74. The van der Waals surface area contributed by atoms with Gasteiger partial charge in [0.25, 0.3) is 0 Å². The summed E-state index contributed by atoms with van der Waals surface area (Å²) in [6.45, 7) is 6.53. The Balaban J connectivity index is 2.36. The molecule has 0 aromatic carbocycles. The maximum absolute atomic E-state index is 9.67. The van der Waals surface area contributed by atoms with E-state index in [4.69, 9.17) is 0 Å². The molecule has 0 aromatic heterocycles. The Morgan fingerprint density at radius 2 is 1.73 bits per heavy atom. The summed E-state index contributed by atoms with van der Waals surface area (Å²) < 4.78 is 0. The van der Waals surface area contributed by atoms with Gasteiger partial charge in [-0.1, -0.05) is 13.8 Å². The number of rotatable bonds is 1. The van der Waals surface area contributed by atoms with Crippen molar-refractivity contribution < 1.29 is 5.11 Å². The van der Waals surface area contributed by atoms with Crippen LogP contribution in [-0.2, 0) is 0 Å². The monoisotopic (exact) mass is 156 g/mol. The van der Waals surface area contributed by atoms with Crippen LogP contribution in [0.2, 0.25) is 0 Å². The first-order valence-electron chi connectivity index (χ1n) is 4.74. The molecule has 1 saturated carbocycles. The van der Waals surface area contributed by atoms with E-state index in [1.165, 1.54) is 12.8 Å². The fourth-order valence-electron chi connectivity index (χ4n) is 1.93. The third-order valence-electron chi connectivity index (χ3n) is 3.05. The second-order valence-corrected chi connectivity index (χ2v) is 4.58. The van der Waals surface area contributed by atoms with Gasteiger partial charge in [0.1, 0.15) is 0 Å². The smallest absolute Gasteiger partial charge is 0.0620 e. The zero-order valence-electron chi connectivity index (χ0n) is 7.93. The van der Waals surface area contributed by atoms with Crippen LogP contribution in [0.5, 0.6) is 0 Å². The van der Waals surface area contributed by atoms with Crippen LogP contribution in [-0.4, -0.2) is 10.7 Å². The summed E-state index contributed by atoms with van der Waals surface area (Å²) in [5.74, 6) is 1.65. The molecule has 0 radical (unpaired) electrons. The van der Waals surface area contributed by atoms with Gasteiger partial charge in [-0.2, -0.15) is 0 Å². The maximum Gasteiger partial charge on any atom is 0.0620 e. The van der Waals surface area contributed by atoms with Gasteiger partial charge in [-0.05, 0) is 44.4 Å². The van der Waals surface area contributed by atoms with E-state index < -0.39 is 0 Å². The number of hydrogen-bond donors (Lipinski definition) is 1. The van der Waals surface area contributed by atoms with Crippen LogP contribution in [0, 0.1) is 11.8 Å². The molecule has 1 rings (SSSR count). The van der Waals surface area contributed by atoms with E-state index in [-0.39, 0.29) is 5.60 Å². The molecule has 1 aliphatic carbocycles. The third-order valence-corrected chi connectivity index (χ3v) is 3.05. The molecule has 0 amide bonds. The molecule has 0 aromatic rings. The van der Waals surface area contributed by atoms with Crippen molar-refractivity contribution in [2.24, 2.45) is 11.8 Å². The predicted molar refractivity (Wildman–Crippen MR) is 47.4 cm³/mol. The average Bonchev–Trinajstić information content (AvgIpc) is 1.86. The average molecular weight is 156 g/mol. The summed E-state index contributed by atoms with van der Waals surface area (Å²) in [6.07, 6.45) is 4.42. The second-order valence-electron chi connectivity index (χ2n) is 4.58. The minimum absolute atomic E-state index is 0.356. The zero-order valence-corrected chi connectivity index (χ0v) is 7.93. The first kappa shape index (κ1) is 9.05. The zero-order chi connectivity index (χ0) is 8.48. The van der Waals surface area contributed by atoms with Crippen molar-refractivity contribution in [2.75, 3.05) is 0 Å². The van der Waals surface area contributed by atoms with E-state index in [0.717, 1.165) is 24.7 Å². The molecular weight excluding hydrogens is 136 g/mol. The van der Waals surface area contributed by atoms with Crippen molar-refractivity contribution in [3.05, 3.63) is 0 Å². The van der Waals surface area contributed by atoms with Crippen LogP contribution in [0.25, 0.3) is 0 Å². The molecule has 1 heteroatoms. The van der Waals surface area contributed by atoms with Crippen LogP contribution < -0.4 is 0 Å². The molecule has 0 aliphatic heterocycles. The highest BCUT2D eigenvalue weighted by Crippen LogP contribution is 2.35. The van der Waals surface area contributed by atoms with Crippen molar-refractivity contribution in [3.8, 4) is 0 Å². The molecule has 0 saturated heterocycles. The summed E-state index contributed by atoms with van der Waals surface area (Å²) in [6, 6.07) is 0. The highest BCUT2D eigenvalue weighted by molar-refractivity contribution is 4.82. The van der Waals surface area contributed by atoms with Gasteiger partial charge < -0.3 is 5.11 Å². The van der Waals surface area contributed by atoms with Crippen LogP contribution in [0.4, 0.5) is 0 Å². The normalized spacial score (nSPS) is 39.5. The Labute approximate surface area is 69.8 Å². The van der Waals surface area contributed by atoms with Crippen molar-refractivity contribution in [1.82, 2.24) is 0 Å². The number of aliphatic hydroxyl groups is 1. The minimum atomic E-state index is -0.356. The molecule has 0 heterocycles. The van der Waals surface area contributed by atoms with Gasteiger partial charge in [0.15, 0.2) is 0 Å². The lowest BCUT2D eigenvalue weighted by Gasteiger charge is -2.34. The lowest BCUT2D eigenvalue weighted by atomic mass is 9.75. The van der Waals surface area contributed by atoms with Crippen molar-refractivity contribution in [3.63, 3.8) is 0 Å². The summed E-state index contributed by atoms with van der Waals surface area (Å²) in [7, 11) is 0. The quantitative estimate of drug-likeness (QED) is 0.618. The van der Waals surface area contributed by atoms with E-state index in [2.05, 4.69) is 13.8 Å². The Kier molecular flexibility index (Phi) is 2.58. The maximum atomic E-state index is 9.67. The van der Waals surface area contributed by atoms with Gasteiger partial charge in [-0.3, -0.25) is 0 Å². The molecule has 1 fully saturated rings. The van der Waals surface area contributed by atoms with E-state index in [0.29, 0.717) is 0 Å². The predicted octanol–water partition coefficient (Wildman–Crippen LogP) is 2.58. The van der Waals surface area contributed by atoms with Crippen LogP contribution in [0.15, 0.2) is 0 Å². The number of hydrogen-bond acceptors (Lipinski definition) is 1. The third kappa shape index (κ3) is 2.48. The lowest BCUT2D eigenvalue weighted by molar-refractivity contribution is 0.00161. The molecule has 0 atom stereocenters. The highest BCUT2D eigenvalue weighted by Gasteiger charge is 2.29. The Morgan fingerprint density at radius 1 is 1.27 bits per heavy atom. The Hall–Kier alpha value is -0.0400. The molecule has 1 aliphatic rings. The van der Waals surface area contributed by atoms with E-state index in [1.807, 2.05) is 6.92 Å². The van der Waals surface area contributed by atoms with Gasteiger partial charge in [0.05, 0.1) is 5.60 Å². The summed E-state index contributed by atoms with van der Waals surface area (Å²) in [5.41, 5.74) is -0.356. The Morgan fingerprint density at radius 3 is 2.09 bits per heavy atom. The van der Waals surface area contributed by atoms with Crippen molar-refractivity contribution in [2.45, 2.75) is 52.1 Å². The van der Waals surface area contributed by atoms with Gasteiger partial charge in [0, 0.05) is 0 Å². The Bertz CT molecular complexity index is 117. The fraction of sp³-hybridized carbons (Fsp3) is 1.00. The van der Waals surface area contributed by atoms with Gasteiger partial charge in [-0.15, -0.1) is 0 Å². The molecule has 0 spiro atoms. The van der Waals surface area contributed by atoms with E-state index in [1.54, 1.807) is 0 Å². The van der Waals surface area contributed by atoms with Crippen LogP contribution in [0.3, 0.4) is 0 Å². The second kappa shape index (κ2) is 3.14. The van der Waals surface area contributed by atoms with Crippen LogP contribution >= 0.6 is 0 Å². The van der Waals surface area contributed by atoms with Gasteiger partial charge in [-0.25, -0.2) is 0 Å². The van der Waals surface area contributed by atoms with Gasteiger partial charge in [0.2, 0.25) is 0 Å². The standard InChI is InChI=1S/C10H20O/c1-8(2)9-4-6-10(3,11)7-5-9/h8-9,11H,4-7H2,1-3H3/t9-,10-. The van der Waals surface area contributed by atoms with Crippen molar-refractivity contribution >= 4 is 0 Å². The summed E-state index contributed by atoms with van der Waals surface area (Å²) in [4.78, 5) is 0. The van der Waals surface area contributed by atoms with E-state index >= 15 is 0 Å². The lowest BCUT2D eigenvalue weighted by Crippen LogP contribution is -2.31. The largest absolute Gasteiger partial charge is 0.390 e. The van der Waals surface area contributed by atoms with Crippen molar-refractivity contribution in [1.29, 1.82) is 0 Å². The molecule has 1 N–H and O–H groups in total. The highest BCUT2D eigenvalue weighted by atomic mass is 16.3. The van der Waals surface area contributed by atoms with Crippen LogP contribution in [0.1, 0.15) is 46.5 Å². The molecule has 1 nitrogen and oxygen atoms in total. The summed E-state index contributed by atoms with van der Waals surface area (Å²) in [5, 5.41) is 9.67. The van der Waals surface area contributed by atoms with E-state index in [9.17, 15) is 5.11 Å².